The predicted molar refractivity (Wildman–Crippen MR) is 117 cm³/mol. The molecule has 1 saturated heterocycles. The number of amides is 1. The molecular weight excluding hydrogens is 418 g/mol. The molecule has 1 amide bonds. The van der Waals surface area contributed by atoms with Crippen LogP contribution in [-0.4, -0.2) is 60.1 Å². The summed E-state index contributed by atoms with van der Waals surface area (Å²) in [6.45, 7) is 0.540. The number of carbonyl (C=O) groups excluding carboxylic acids is 1. The number of carbonyl (C=O) groups is 1. The van der Waals surface area contributed by atoms with Gasteiger partial charge in [0.15, 0.2) is 12.4 Å². The summed E-state index contributed by atoms with van der Waals surface area (Å²) in [5.41, 5.74) is 2.53. The molecule has 32 heavy (non-hydrogen) atoms. The second kappa shape index (κ2) is 9.39. The highest BCUT2D eigenvalue weighted by molar-refractivity contribution is 5.88. The van der Waals surface area contributed by atoms with Crippen LogP contribution in [0.4, 0.5) is 14.6 Å². The van der Waals surface area contributed by atoms with Crippen molar-refractivity contribution < 1.29 is 18.3 Å². The lowest BCUT2D eigenvalue weighted by molar-refractivity contribution is -0.122. The van der Waals surface area contributed by atoms with Gasteiger partial charge in [-0.15, -0.1) is 0 Å². The van der Waals surface area contributed by atoms with Crippen LogP contribution in [0.15, 0.2) is 42.7 Å². The lowest BCUT2D eigenvalue weighted by atomic mass is 9.95. The Balaban J connectivity index is 1.57. The van der Waals surface area contributed by atoms with Crippen LogP contribution in [0.3, 0.4) is 0 Å². The minimum Gasteiger partial charge on any atom is -0.484 e. The van der Waals surface area contributed by atoms with Crippen molar-refractivity contribution in [1.82, 2.24) is 25.6 Å². The molecule has 1 aliphatic heterocycles. The van der Waals surface area contributed by atoms with E-state index in [0.29, 0.717) is 34.8 Å². The van der Waals surface area contributed by atoms with Gasteiger partial charge in [0.1, 0.15) is 11.3 Å². The summed E-state index contributed by atoms with van der Waals surface area (Å²) >= 11 is 0. The Bertz CT molecular complexity index is 1090. The summed E-state index contributed by atoms with van der Waals surface area (Å²) in [4.78, 5) is 24.7. The first-order valence-electron chi connectivity index (χ1n) is 10.3. The molecular formula is C22H24F2N6O2. The number of aromatic nitrogens is 3. The van der Waals surface area contributed by atoms with Crippen molar-refractivity contribution in [1.29, 1.82) is 0 Å². The second-order valence-corrected chi connectivity index (χ2v) is 7.56. The minimum absolute atomic E-state index is 0.0639. The van der Waals surface area contributed by atoms with E-state index in [1.807, 2.05) is 12.1 Å². The number of nitrogens with one attached hydrogen (secondary N) is 3. The third-order valence-corrected chi connectivity index (χ3v) is 5.39. The Morgan fingerprint density at radius 1 is 1.25 bits per heavy atom. The molecule has 1 unspecified atom stereocenters. The molecule has 3 heterocycles. The summed E-state index contributed by atoms with van der Waals surface area (Å²) in [6, 6.07) is 8.90. The van der Waals surface area contributed by atoms with Crippen LogP contribution < -0.4 is 20.7 Å². The van der Waals surface area contributed by atoms with E-state index in [2.05, 4.69) is 30.9 Å². The van der Waals surface area contributed by atoms with E-state index >= 15 is 0 Å². The minimum atomic E-state index is -2.73. The first kappa shape index (κ1) is 21.8. The van der Waals surface area contributed by atoms with E-state index in [-0.39, 0.29) is 32.0 Å². The molecule has 0 aliphatic carbocycles. The van der Waals surface area contributed by atoms with Gasteiger partial charge in [-0.1, -0.05) is 0 Å². The van der Waals surface area contributed by atoms with Crippen LogP contribution in [-0.2, 0) is 4.79 Å². The van der Waals surface area contributed by atoms with E-state index in [9.17, 15) is 13.6 Å². The summed E-state index contributed by atoms with van der Waals surface area (Å²) in [6.07, 6.45) is 2.94. The number of piperidine rings is 1. The molecule has 3 N–H and O–H groups in total. The number of alkyl halides is 2. The molecule has 0 radical (unpaired) electrons. The maximum atomic E-state index is 14.2. The highest BCUT2D eigenvalue weighted by Crippen LogP contribution is 2.32. The molecule has 0 spiro atoms. The number of likely N-dealkylation sites (N-methyl/N-ethyl adjacent to an activating group) is 1. The van der Waals surface area contributed by atoms with Crippen molar-refractivity contribution in [3.8, 4) is 17.0 Å². The second-order valence-electron chi connectivity index (χ2n) is 7.56. The van der Waals surface area contributed by atoms with Gasteiger partial charge in [-0.05, 0) is 30.3 Å². The van der Waals surface area contributed by atoms with Crippen molar-refractivity contribution in [2.45, 2.75) is 12.3 Å². The Labute approximate surface area is 183 Å². The zero-order valence-electron chi connectivity index (χ0n) is 17.6. The van der Waals surface area contributed by atoms with Gasteiger partial charge in [0, 0.05) is 51.1 Å². The molecule has 4 rings (SSSR count). The number of pyridine rings is 1. The van der Waals surface area contributed by atoms with Crippen molar-refractivity contribution in [3.05, 3.63) is 42.7 Å². The molecule has 3 aromatic rings. The number of fused-ring (bicyclic) bond motifs is 1. The number of hydrogen-bond donors (Lipinski definition) is 3. The number of hydrogen-bond acceptors (Lipinski definition) is 7. The fourth-order valence-corrected chi connectivity index (χ4v) is 3.51. The number of nitrogens with zero attached hydrogens (tertiary/aromatic N) is 3. The normalized spacial score (nSPS) is 17.7. The van der Waals surface area contributed by atoms with Crippen molar-refractivity contribution in [3.63, 3.8) is 0 Å². The number of ether oxygens (including phenoxy) is 1. The van der Waals surface area contributed by atoms with Gasteiger partial charge in [0.05, 0.1) is 17.1 Å². The van der Waals surface area contributed by atoms with Gasteiger partial charge in [-0.2, -0.15) is 0 Å². The first-order valence-corrected chi connectivity index (χ1v) is 10.3. The highest BCUT2D eigenvalue weighted by Gasteiger charge is 2.41. The predicted octanol–water partition coefficient (Wildman–Crippen LogP) is 2.47. The Hall–Kier alpha value is -3.40. The van der Waals surface area contributed by atoms with Crippen LogP contribution in [0.25, 0.3) is 22.3 Å². The van der Waals surface area contributed by atoms with Crippen molar-refractivity contribution in [2.24, 2.45) is 5.92 Å². The molecule has 1 fully saturated rings. The van der Waals surface area contributed by atoms with E-state index in [1.54, 1.807) is 37.6 Å². The van der Waals surface area contributed by atoms with Crippen LogP contribution in [0.1, 0.15) is 6.42 Å². The molecule has 1 aliphatic rings. The number of benzene rings is 1. The number of anilines is 1. The summed E-state index contributed by atoms with van der Waals surface area (Å²) in [7, 11) is 1.54. The van der Waals surface area contributed by atoms with Gasteiger partial charge in [0.2, 0.25) is 0 Å². The summed E-state index contributed by atoms with van der Waals surface area (Å²) < 4.78 is 33.9. The molecule has 1 aromatic carbocycles. The van der Waals surface area contributed by atoms with Crippen LogP contribution in [0, 0.1) is 5.92 Å². The molecule has 168 valence electrons. The Morgan fingerprint density at radius 2 is 2.03 bits per heavy atom. The fraction of sp³-hybridized carbons (Fsp3) is 0.364. The smallest absolute Gasteiger partial charge is 0.257 e. The lowest BCUT2D eigenvalue weighted by Gasteiger charge is -2.32. The Kier molecular flexibility index (Phi) is 6.40. The van der Waals surface area contributed by atoms with Gasteiger partial charge >= 0.3 is 0 Å². The Morgan fingerprint density at radius 3 is 2.78 bits per heavy atom. The van der Waals surface area contributed by atoms with Crippen LogP contribution in [0.2, 0.25) is 0 Å². The maximum absolute atomic E-state index is 14.2. The lowest BCUT2D eigenvalue weighted by Crippen LogP contribution is -2.47. The van der Waals surface area contributed by atoms with Crippen molar-refractivity contribution >= 4 is 22.8 Å². The van der Waals surface area contributed by atoms with Crippen molar-refractivity contribution in [2.75, 3.05) is 38.6 Å². The van der Waals surface area contributed by atoms with Gasteiger partial charge < -0.3 is 20.7 Å². The van der Waals surface area contributed by atoms with E-state index in [0.717, 1.165) is 5.56 Å². The van der Waals surface area contributed by atoms with E-state index in [4.69, 9.17) is 4.74 Å². The number of halogens is 2. The third-order valence-electron chi connectivity index (χ3n) is 5.39. The zero-order valence-corrected chi connectivity index (χ0v) is 17.6. The largest absolute Gasteiger partial charge is 0.484 e. The molecule has 0 bridgehead atoms. The summed E-state index contributed by atoms with van der Waals surface area (Å²) in [5.74, 6) is -2.85. The van der Waals surface area contributed by atoms with Crippen LogP contribution >= 0.6 is 0 Å². The van der Waals surface area contributed by atoms with Crippen LogP contribution in [0.5, 0.6) is 5.75 Å². The van der Waals surface area contributed by atoms with Gasteiger partial charge in [-0.3, -0.25) is 9.78 Å². The SMILES string of the molecule is CNC(=O)COc1ccc(-c2cc3nccnc3c(NCC3CNCCC3(F)F)n2)cc1. The van der Waals surface area contributed by atoms with E-state index < -0.39 is 11.8 Å². The topological polar surface area (TPSA) is 101 Å². The third kappa shape index (κ3) is 4.91. The molecule has 0 saturated carbocycles. The number of rotatable bonds is 7. The first-order chi connectivity index (χ1) is 15.5. The molecule has 10 heteroatoms. The molecule has 8 nitrogen and oxygen atoms in total. The standard InChI is InChI=1S/C22H24F2N6O2/c1-25-19(31)13-32-16-4-2-14(3-5-16)17-10-18-20(28-9-8-27-18)21(30-17)29-12-15-11-26-7-6-22(15,23)24/h2-5,8-10,15,26H,6-7,11-13H2,1H3,(H,25,31)(H,29,30). The monoisotopic (exact) mass is 442 g/mol. The average molecular weight is 442 g/mol. The van der Waals surface area contributed by atoms with Gasteiger partial charge in [0.25, 0.3) is 11.8 Å². The quantitative estimate of drug-likeness (QED) is 0.517. The fourth-order valence-electron chi connectivity index (χ4n) is 3.51. The maximum Gasteiger partial charge on any atom is 0.257 e. The average Bonchev–Trinajstić information content (AvgIpc) is 2.81. The molecule has 1 atom stereocenters. The zero-order chi connectivity index (χ0) is 22.6. The van der Waals surface area contributed by atoms with E-state index in [1.165, 1.54) is 0 Å². The highest BCUT2D eigenvalue weighted by atomic mass is 19.3. The molecule has 2 aromatic heterocycles. The van der Waals surface area contributed by atoms with Gasteiger partial charge in [-0.25, -0.2) is 18.7 Å². The summed E-state index contributed by atoms with van der Waals surface area (Å²) in [5, 5.41) is 8.58.